The van der Waals surface area contributed by atoms with Crippen LogP contribution < -0.4 is 11.2 Å². The van der Waals surface area contributed by atoms with Gasteiger partial charge in [-0.05, 0) is 30.2 Å². The summed E-state index contributed by atoms with van der Waals surface area (Å²) in [6.07, 6.45) is 3.58. The number of hydrogen-bond donors (Lipinski definition) is 1. The standard InChI is InChI=1S/C23H18FN5O2/c1-2-16(29-12-28-19-22(25)26-11-27-23(19)29)21-18(13-6-4-3-5-7-13)20(30)15-10-14(24)8-9-17(15)31-21/h3-12,16H,2H2,1H3,(H2,25,26,27). The summed E-state index contributed by atoms with van der Waals surface area (Å²) in [6.45, 7) is 1.98. The Balaban J connectivity index is 1.84. The summed E-state index contributed by atoms with van der Waals surface area (Å²) in [6, 6.07) is 12.8. The molecule has 0 aliphatic heterocycles. The van der Waals surface area contributed by atoms with Crippen molar-refractivity contribution >= 4 is 28.0 Å². The molecule has 7 nitrogen and oxygen atoms in total. The van der Waals surface area contributed by atoms with E-state index in [1.165, 1.54) is 24.5 Å². The van der Waals surface area contributed by atoms with Gasteiger partial charge >= 0.3 is 0 Å². The van der Waals surface area contributed by atoms with E-state index < -0.39 is 11.9 Å². The smallest absolute Gasteiger partial charge is 0.200 e. The third-order valence-corrected chi connectivity index (χ3v) is 5.35. The van der Waals surface area contributed by atoms with Gasteiger partial charge in [0.2, 0.25) is 5.43 Å². The molecule has 31 heavy (non-hydrogen) atoms. The highest BCUT2D eigenvalue weighted by Gasteiger charge is 2.26. The van der Waals surface area contributed by atoms with E-state index in [1.807, 2.05) is 41.8 Å². The predicted molar refractivity (Wildman–Crippen MR) is 116 cm³/mol. The van der Waals surface area contributed by atoms with E-state index in [-0.39, 0.29) is 16.6 Å². The largest absolute Gasteiger partial charge is 0.458 e. The van der Waals surface area contributed by atoms with Crippen molar-refractivity contribution in [3.8, 4) is 11.1 Å². The van der Waals surface area contributed by atoms with E-state index in [9.17, 15) is 9.18 Å². The second kappa shape index (κ2) is 7.32. The monoisotopic (exact) mass is 415 g/mol. The lowest BCUT2D eigenvalue weighted by molar-refractivity contribution is 0.438. The molecule has 5 aromatic rings. The number of nitrogens with two attached hydrogens (primary N) is 1. The Morgan fingerprint density at radius 1 is 1.13 bits per heavy atom. The maximum atomic E-state index is 13.9. The van der Waals surface area contributed by atoms with Gasteiger partial charge in [-0.2, -0.15) is 0 Å². The summed E-state index contributed by atoms with van der Waals surface area (Å²) in [4.78, 5) is 26.2. The molecule has 154 valence electrons. The molecule has 0 saturated carbocycles. The molecule has 3 aromatic heterocycles. The van der Waals surface area contributed by atoms with Crippen LogP contribution in [0.3, 0.4) is 0 Å². The lowest BCUT2D eigenvalue weighted by Crippen LogP contribution is -2.16. The molecule has 3 heterocycles. The molecule has 0 radical (unpaired) electrons. The third-order valence-electron chi connectivity index (χ3n) is 5.35. The molecule has 5 rings (SSSR count). The summed E-state index contributed by atoms with van der Waals surface area (Å²) < 4.78 is 22.0. The number of nitrogens with zero attached hydrogens (tertiary/aromatic N) is 4. The summed E-state index contributed by atoms with van der Waals surface area (Å²) in [5, 5.41) is 0.194. The van der Waals surface area contributed by atoms with Crippen LogP contribution in [0.25, 0.3) is 33.3 Å². The first kappa shape index (κ1) is 18.9. The average molecular weight is 415 g/mol. The van der Waals surface area contributed by atoms with Crippen LogP contribution >= 0.6 is 0 Å². The topological polar surface area (TPSA) is 99.8 Å². The van der Waals surface area contributed by atoms with Gasteiger partial charge in [0.25, 0.3) is 0 Å². The Bertz CT molecular complexity index is 1480. The second-order valence-electron chi connectivity index (χ2n) is 7.18. The van der Waals surface area contributed by atoms with Gasteiger partial charge in [0.15, 0.2) is 11.5 Å². The number of aromatic nitrogens is 4. The molecule has 0 saturated heterocycles. The Hall–Kier alpha value is -4.07. The number of halogens is 1. The maximum Gasteiger partial charge on any atom is 0.200 e. The van der Waals surface area contributed by atoms with Gasteiger partial charge < -0.3 is 14.7 Å². The maximum absolute atomic E-state index is 13.9. The fourth-order valence-corrected chi connectivity index (χ4v) is 3.90. The van der Waals surface area contributed by atoms with E-state index in [0.29, 0.717) is 40.1 Å². The number of anilines is 1. The number of benzene rings is 2. The zero-order valence-electron chi connectivity index (χ0n) is 16.6. The number of fused-ring (bicyclic) bond motifs is 2. The minimum atomic E-state index is -0.494. The Kier molecular flexibility index (Phi) is 4.47. The Morgan fingerprint density at radius 3 is 2.71 bits per heavy atom. The molecule has 1 unspecified atom stereocenters. The van der Waals surface area contributed by atoms with Crippen LogP contribution in [0, 0.1) is 5.82 Å². The van der Waals surface area contributed by atoms with E-state index in [0.717, 1.165) is 0 Å². The summed E-state index contributed by atoms with van der Waals surface area (Å²) >= 11 is 0. The summed E-state index contributed by atoms with van der Waals surface area (Å²) in [5.41, 5.74) is 8.07. The molecule has 8 heteroatoms. The zero-order valence-corrected chi connectivity index (χ0v) is 16.6. The summed E-state index contributed by atoms with van der Waals surface area (Å²) in [5.74, 6) is 0.234. The third kappa shape index (κ3) is 3.04. The van der Waals surface area contributed by atoms with E-state index in [2.05, 4.69) is 15.0 Å². The normalized spacial score (nSPS) is 12.5. The fraction of sp³-hybridized carbons (Fsp3) is 0.130. The highest BCUT2D eigenvalue weighted by Crippen LogP contribution is 2.34. The lowest BCUT2D eigenvalue weighted by atomic mass is 9.97. The van der Waals surface area contributed by atoms with Crippen LogP contribution in [0.1, 0.15) is 25.1 Å². The van der Waals surface area contributed by atoms with Crippen molar-refractivity contribution in [2.75, 3.05) is 5.73 Å². The average Bonchev–Trinajstić information content (AvgIpc) is 3.21. The van der Waals surface area contributed by atoms with Crippen molar-refractivity contribution in [1.82, 2.24) is 19.5 Å². The minimum absolute atomic E-state index is 0.194. The van der Waals surface area contributed by atoms with E-state index >= 15 is 0 Å². The molecule has 2 aromatic carbocycles. The molecule has 0 aliphatic rings. The van der Waals surface area contributed by atoms with Crippen molar-refractivity contribution in [2.45, 2.75) is 19.4 Å². The zero-order chi connectivity index (χ0) is 21.5. The number of imidazole rings is 1. The van der Waals surface area contributed by atoms with Gasteiger partial charge in [0, 0.05) is 0 Å². The van der Waals surface area contributed by atoms with Gasteiger partial charge in [-0.25, -0.2) is 19.3 Å². The molecule has 0 aliphatic carbocycles. The van der Waals surface area contributed by atoms with E-state index in [1.54, 1.807) is 6.33 Å². The first-order chi connectivity index (χ1) is 15.1. The molecule has 0 fully saturated rings. The SMILES string of the molecule is CCC(c1oc2ccc(F)cc2c(=O)c1-c1ccccc1)n1cnc2c(N)ncnc21. The molecular formula is C23H18FN5O2. The Morgan fingerprint density at radius 2 is 1.94 bits per heavy atom. The molecular weight excluding hydrogens is 397 g/mol. The van der Waals surface area contributed by atoms with Crippen LogP contribution in [0.15, 0.2) is 70.4 Å². The quantitative estimate of drug-likeness (QED) is 0.469. The van der Waals surface area contributed by atoms with Crippen molar-refractivity contribution in [3.05, 3.63) is 83.0 Å². The lowest BCUT2D eigenvalue weighted by Gasteiger charge is -2.20. The van der Waals surface area contributed by atoms with Gasteiger partial charge in [-0.15, -0.1) is 0 Å². The van der Waals surface area contributed by atoms with Gasteiger partial charge in [-0.1, -0.05) is 37.3 Å². The summed E-state index contributed by atoms with van der Waals surface area (Å²) in [7, 11) is 0. The predicted octanol–water partition coefficient (Wildman–Crippen LogP) is 4.32. The van der Waals surface area contributed by atoms with Gasteiger partial charge in [0.1, 0.15) is 29.0 Å². The number of nitrogen functional groups attached to an aromatic ring is 1. The van der Waals surface area contributed by atoms with Crippen LogP contribution in [0.4, 0.5) is 10.2 Å². The van der Waals surface area contributed by atoms with Crippen molar-refractivity contribution in [1.29, 1.82) is 0 Å². The van der Waals surface area contributed by atoms with Crippen molar-refractivity contribution < 1.29 is 8.81 Å². The first-order valence-corrected chi connectivity index (χ1v) is 9.83. The minimum Gasteiger partial charge on any atom is -0.458 e. The van der Waals surface area contributed by atoms with Crippen molar-refractivity contribution in [2.24, 2.45) is 0 Å². The highest BCUT2D eigenvalue weighted by atomic mass is 19.1. The number of rotatable bonds is 4. The van der Waals surface area contributed by atoms with Crippen LogP contribution in [0.2, 0.25) is 0 Å². The molecule has 0 spiro atoms. The molecule has 2 N–H and O–H groups in total. The second-order valence-corrected chi connectivity index (χ2v) is 7.18. The van der Waals surface area contributed by atoms with Crippen LogP contribution in [-0.2, 0) is 0 Å². The molecule has 0 bridgehead atoms. The fourth-order valence-electron chi connectivity index (χ4n) is 3.90. The van der Waals surface area contributed by atoms with Crippen molar-refractivity contribution in [3.63, 3.8) is 0 Å². The number of hydrogen-bond acceptors (Lipinski definition) is 6. The van der Waals surface area contributed by atoms with Gasteiger partial charge in [0.05, 0.1) is 23.3 Å². The van der Waals surface area contributed by atoms with Crippen LogP contribution in [-0.4, -0.2) is 19.5 Å². The van der Waals surface area contributed by atoms with Crippen LogP contribution in [0.5, 0.6) is 0 Å². The van der Waals surface area contributed by atoms with E-state index in [4.69, 9.17) is 10.2 Å². The Labute approximate surface area is 176 Å². The molecule has 0 amide bonds. The van der Waals surface area contributed by atoms with Gasteiger partial charge in [-0.3, -0.25) is 4.79 Å². The first-order valence-electron chi connectivity index (χ1n) is 9.83. The highest BCUT2D eigenvalue weighted by molar-refractivity contribution is 5.84. The molecule has 1 atom stereocenters.